The predicted molar refractivity (Wildman–Crippen MR) is 63.0 cm³/mol. The van der Waals surface area contributed by atoms with Gasteiger partial charge in [0, 0.05) is 24.1 Å². The minimum absolute atomic E-state index is 0.277. The van der Waals surface area contributed by atoms with Gasteiger partial charge >= 0.3 is 0 Å². The molecular weight excluding hydrogens is 210 g/mol. The Morgan fingerprint density at radius 1 is 1.40 bits per heavy atom. The molecule has 0 aromatic carbocycles. The number of hydrogen-bond donors (Lipinski definition) is 1. The predicted octanol–water partition coefficient (Wildman–Crippen LogP) is 1.75. The maximum atomic E-state index is 6.14. The van der Waals surface area contributed by atoms with Crippen molar-refractivity contribution in [3.8, 4) is 0 Å². The van der Waals surface area contributed by atoms with E-state index in [9.17, 15) is 0 Å². The first-order valence-corrected chi connectivity index (χ1v) is 6.96. The summed E-state index contributed by atoms with van der Waals surface area (Å²) >= 11 is 1.98. The molecule has 1 aliphatic heterocycles. The molecule has 3 nitrogen and oxygen atoms in total. The largest absolute Gasteiger partial charge is 0.347 e. The average Bonchev–Trinajstić information content (AvgIpc) is 2.69. The average molecular weight is 231 g/mol. The molecule has 15 heavy (non-hydrogen) atoms. The molecule has 0 aromatic rings. The Bertz CT molecular complexity index is 207. The van der Waals surface area contributed by atoms with Crippen LogP contribution in [-0.2, 0) is 9.47 Å². The van der Waals surface area contributed by atoms with Crippen molar-refractivity contribution in [1.82, 2.24) is 0 Å². The molecule has 2 fully saturated rings. The molecule has 1 aliphatic carbocycles. The van der Waals surface area contributed by atoms with Crippen LogP contribution < -0.4 is 5.73 Å². The summed E-state index contributed by atoms with van der Waals surface area (Å²) in [6.07, 6.45) is 4.18. The van der Waals surface area contributed by atoms with Gasteiger partial charge in [0.2, 0.25) is 0 Å². The molecule has 1 heterocycles. The zero-order chi connectivity index (χ0) is 10.7. The molecule has 1 saturated heterocycles. The molecular formula is C11H21NO2S. The highest BCUT2D eigenvalue weighted by Crippen LogP contribution is 2.39. The highest BCUT2D eigenvalue weighted by Gasteiger charge is 2.44. The van der Waals surface area contributed by atoms with Gasteiger partial charge in [0.05, 0.1) is 13.2 Å². The Morgan fingerprint density at radius 3 is 2.80 bits per heavy atom. The quantitative estimate of drug-likeness (QED) is 0.804. The molecule has 2 aliphatic rings. The van der Waals surface area contributed by atoms with E-state index in [1.165, 1.54) is 12.2 Å². The lowest BCUT2D eigenvalue weighted by Crippen LogP contribution is -2.47. The fraction of sp³-hybridized carbons (Fsp3) is 1.00. The molecule has 2 atom stereocenters. The van der Waals surface area contributed by atoms with Crippen molar-refractivity contribution < 1.29 is 9.47 Å². The second-order valence-corrected chi connectivity index (χ2v) is 5.77. The smallest absolute Gasteiger partial charge is 0.169 e. The van der Waals surface area contributed by atoms with Gasteiger partial charge in [0.1, 0.15) is 0 Å². The maximum Gasteiger partial charge on any atom is 0.169 e. The standard InChI is InChI=1S/C11H21NO2S/c1-2-7-15-10-8-11(4-3-9(10)12)13-5-6-14-11/h9-10H,2-8,12H2,1H3. The van der Waals surface area contributed by atoms with Crippen molar-refractivity contribution in [2.45, 2.75) is 49.7 Å². The van der Waals surface area contributed by atoms with Crippen LogP contribution in [-0.4, -0.2) is 36.0 Å². The summed E-state index contributed by atoms with van der Waals surface area (Å²) < 4.78 is 11.5. The van der Waals surface area contributed by atoms with Crippen LogP contribution in [0.3, 0.4) is 0 Å². The van der Waals surface area contributed by atoms with E-state index in [4.69, 9.17) is 15.2 Å². The summed E-state index contributed by atoms with van der Waals surface area (Å²) in [5.41, 5.74) is 6.14. The van der Waals surface area contributed by atoms with Crippen molar-refractivity contribution in [3.05, 3.63) is 0 Å². The summed E-state index contributed by atoms with van der Waals surface area (Å²) in [6.45, 7) is 3.71. The SMILES string of the molecule is CCCSC1CC2(CCC1N)OCCO2. The van der Waals surface area contributed by atoms with Crippen molar-refractivity contribution >= 4 is 11.8 Å². The van der Waals surface area contributed by atoms with E-state index in [1.807, 2.05) is 11.8 Å². The minimum atomic E-state index is -0.277. The fourth-order valence-corrected chi connectivity index (χ4v) is 3.64. The van der Waals surface area contributed by atoms with Crippen molar-refractivity contribution in [3.63, 3.8) is 0 Å². The van der Waals surface area contributed by atoms with Crippen LogP contribution in [0.5, 0.6) is 0 Å². The second kappa shape index (κ2) is 5.04. The summed E-state index contributed by atoms with van der Waals surface area (Å²) in [7, 11) is 0. The van der Waals surface area contributed by atoms with Gasteiger partial charge in [-0.3, -0.25) is 0 Å². The molecule has 1 saturated carbocycles. The highest BCUT2D eigenvalue weighted by atomic mass is 32.2. The van der Waals surface area contributed by atoms with Gasteiger partial charge in [-0.25, -0.2) is 0 Å². The summed E-state index contributed by atoms with van der Waals surface area (Å²) in [6, 6.07) is 0.319. The first-order chi connectivity index (χ1) is 7.26. The van der Waals surface area contributed by atoms with Crippen LogP contribution in [0.2, 0.25) is 0 Å². The van der Waals surface area contributed by atoms with Crippen LogP contribution in [0.15, 0.2) is 0 Å². The third kappa shape index (κ3) is 2.67. The number of rotatable bonds is 3. The van der Waals surface area contributed by atoms with Crippen molar-refractivity contribution in [2.24, 2.45) is 5.73 Å². The van der Waals surface area contributed by atoms with Crippen LogP contribution >= 0.6 is 11.8 Å². The highest BCUT2D eigenvalue weighted by molar-refractivity contribution is 7.99. The van der Waals surface area contributed by atoms with E-state index in [-0.39, 0.29) is 5.79 Å². The number of ether oxygens (including phenoxy) is 2. The number of nitrogens with two attached hydrogens (primary N) is 1. The summed E-state index contributed by atoms with van der Waals surface area (Å²) in [5, 5.41) is 0.511. The molecule has 88 valence electrons. The molecule has 2 N–H and O–H groups in total. The topological polar surface area (TPSA) is 44.5 Å². The van der Waals surface area contributed by atoms with E-state index in [0.29, 0.717) is 11.3 Å². The molecule has 0 aromatic heterocycles. The van der Waals surface area contributed by atoms with Gasteiger partial charge in [-0.15, -0.1) is 0 Å². The first kappa shape index (κ1) is 11.7. The normalized spacial score (nSPS) is 34.8. The van der Waals surface area contributed by atoms with Gasteiger partial charge in [-0.2, -0.15) is 11.8 Å². The lowest BCUT2D eigenvalue weighted by molar-refractivity contribution is -0.176. The molecule has 0 amide bonds. The van der Waals surface area contributed by atoms with Crippen LogP contribution in [0, 0.1) is 0 Å². The fourth-order valence-electron chi connectivity index (χ4n) is 2.34. The van der Waals surface area contributed by atoms with Crippen molar-refractivity contribution in [1.29, 1.82) is 0 Å². The monoisotopic (exact) mass is 231 g/mol. The van der Waals surface area contributed by atoms with E-state index in [0.717, 1.165) is 32.5 Å². The van der Waals surface area contributed by atoms with Gasteiger partial charge in [0.25, 0.3) is 0 Å². The maximum absolute atomic E-state index is 6.14. The Labute approximate surface area is 96.1 Å². The number of thioether (sulfide) groups is 1. The first-order valence-electron chi connectivity index (χ1n) is 5.91. The third-order valence-corrected chi connectivity index (χ3v) is 4.79. The molecule has 0 radical (unpaired) electrons. The van der Waals surface area contributed by atoms with E-state index < -0.39 is 0 Å². The van der Waals surface area contributed by atoms with Gasteiger partial charge in [0.15, 0.2) is 5.79 Å². The van der Waals surface area contributed by atoms with Crippen LogP contribution in [0.1, 0.15) is 32.6 Å². The van der Waals surface area contributed by atoms with E-state index in [2.05, 4.69) is 6.92 Å². The number of hydrogen-bond acceptors (Lipinski definition) is 4. The molecule has 0 bridgehead atoms. The van der Waals surface area contributed by atoms with Crippen LogP contribution in [0.4, 0.5) is 0 Å². The molecule has 2 rings (SSSR count). The summed E-state index contributed by atoms with van der Waals surface area (Å²) in [5.74, 6) is 0.912. The molecule has 2 unspecified atom stereocenters. The lowest BCUT2D eigenvalue weighted by Gasteiger charge is -2.39. The van der Waals surface area contributed by atoms with Gasteiger partial charge in [-0.1, -0.05) is 6.92 Å². The Hall–Kier alpha value is 0.230. The molecule has 4 heteroatoms. The van der Waals surface area contributed by atoms with Gasteiger partial charge < -0.3 is 15.2 Å². The van der Waals surface area contributed by atoms with E-state index in [1.54, 1.807) is 0 Å². The van der Waals surface area contributed by atoms with E-state index >= 15 is 0 Å². The zero-order valence-corrected chi connectivity index (χ0v) is 10.2. The Morgan fingerprint density at radius 2 is 2.13 bits per heavy atom. The Balaban J connectivity index is 1.91. The lowest BCUT2D eigenvalue weighted by atomic mass is 9.90. The Kier molecular flexibility index (Phi) is 3.93. The third-order valence-electron chi connectivity index (χ3n) is 3.20. The summed E-state index contributed by atoms with van der Waals surface area (Å²) in [4.78, 5) is 0. The molecule has 1 spiro atoms. The van der Waals surface area contributed by atoms with Crippen LogP contribution in [0.25, 0.3) is 0 Å². The second-order valence-electron chi connectivity index (χ2n) is 4.42. The van der Waals surface area contributed by atoms with Gasteiger partial charge in [-0.05, 0) is 18.6 Å². The van der Waals surface area contributed by atoms with Crippen molar-refractivity contribution in [2.75, 3.05) is 19.0 Å². The minimum Gasteiger partial charge on any atom is -0.347 e. The zero-order valence-electron chi connectivity index (χ0n) is 9.41.